The number of esters is 1. The molecule has 0 saturated heterocycles. The quantitative estimate of drug-likeness (QED) is 0.796. The first-order valence-corrected chi connectivity index (χ1v) is 6.13. The van der Waals surface area contributed by atoms with Crippen molar-refractivity contribution in [3.8, 4) is 0 Å². The first-order valence-electron chi connectivity index (χ1n) is 5.75. The van der Waals surface area contributed by atoms with Crippen LogP contribution in [-0.4, -0.2) is 12.5 Å². The fraction of sp³-hybridized carbons (Fsp3) is 0.462. The lowest BCUT2D eigenvalue weighted by molar-refractivity contribution is -0.146. The van der Waals surface area contributed by atoms with E-state index in [9.17, 15) is 4.79 Å². The summed E-state index contributed by atoms with van der Waals surface area (Å²) in [6.45, 7) is 2.80. The normalized spacial score (nSPS) is 12.2. The Morgan fingerprint density at radius 2 is 2.29 bits per heavy atom. The van der Waals surface area contributed by atoms with Gasteiger partial charge in [-0.25, -0.2) is 0 Å². The number of halogens is 1. The van der Waals surface area contributed by atoms with E-state index in [1.165, 1.54) is 0 Å². The van der Waals surface area contributed by atoms with Crippen LogP contribution in [-0.2, 0) is 16.1 Å². The van der Waals surface area contributed by atoms with Gasteiger partial charge in [-0.1, -0.05) is 37.1 Å². The number of ether oxygens (including phenoxy) is 1. The van der Waals surface area contributed by atoms with E-state index in [4.69, 9.17) is 22.1 Å². The molecule has 4 heteroatoms. The third-order valence-corrected chi connectivity index (χ3v) is 2.89. The number of nitrogens with two attached hydrogens (primary N) is 1. The van der Waals surface area contributed by atoms with Gasteiger partial charge in [-0.15, -0.1) is 0 Å². The molecule has 0 heterocycles. The molecule has 0 fully saturated rings. The van der Waals surface area contributed by atoms with Crippen LogP contribution in [0, 0.1) is 5.92 Å². The molecule has 1 rings (SSSR count). The largest absolute Gasteiger partial charge is 0.461 e. The number of carbonyl (C=O) groups excluding carboxylic acids is 1. The Hall–Kier alpha value is -1.06. The number of rotatable bonds is 6. The van der Waals surface area contributed by atoms with Gasteiger partial charge in [-0.3, -0.25) is 4.79 Å². The van der Waals surface area contributed by atoms with Crippen LogP contribution in [0.15, 0.2) is 24.3 Å². The summed E-state index contributed by atoms with van der Waals surface area (Å²) in [5.41, 5.74) is 6.43. The molecule has 94 valence electrons. The van der Waals surface area contributed by atoms with Gasteiger partial charge in [0.2, 0.25) is 0 Å². The first kappa shape index (κ1) is 14.0. The van der Waals surface area contributed by atoms with Crippen molar-refractivity contribution in [3.63, 3.8) is 0 Å². The minimum Gasteiger partial charge on any atom is -0.461 e. The van der Waals surface area contributed by atoms with E-state index in [-0.39, 0.29) is 18.5 Å². The van der Waals surface area contributed by atoms with Crippen LogP contribution in [0.25, 0.3) is 0 Å². The third kappa shape index (κ3) is 5.20. The predicted octanol–water partition coefficient (Wildman–Crippen LogP) is 2.76. The van der Waals surface area contributed by atoms with Crippen molar-refractivity contribution in [2.45, 2.75) is 26.4 Å². The highest BCUT2D eigenvalue weighted by molar-refractivity contribution is 6.30. The molecule has 2 N–H and O–H groups in total. The summed E-state index contributed by atoms with van der Waals surface area (Å²) in [6, 6.07) is 7.28. The third-order valence-electron chi connectivity index (χ3n) is 2.65. The summed E-state index contributed by atoms with van der Waals surface area (Å²) in [6.07, 6.45) is 1.27. The van der Waals surface area contributed by atoms with Crippen molar-refractivity contribution in [2.24, 2.45) is 11.7 Å². The molecule has 0 aliphatic rings. The Bertz CT molecular complexity index is 364. The second kappa shape index (κ2) is 7.30. The van der Waals surface area contributed by atoms with E-state index in [1.807, 2.05) is 19.1 Å². The summed E-state index contributed by atoms with van der Waals surface area (Å²) in [4.78, 5) is 11.5. The zero-order valence-corrected chi connectivity index (χ0v) is 10.7. The maximum absolute atomic E-state index is 11.5. The Morgan fingerprint density at radius 3 is 2.88 bits per heavy atom. The zero-order chi connectivity index (χ0) is 12.7. The number of benzene rings is 1. The molecule has 0 aliphatic heterocycles. The summed E-state index contributed by atoms with van der Waals surface area (Å²) < 4.78 is 5.16. The molecule has 3 nitrogen and oxygen atoms in total. The van der Waals surface area contributed by atoms with Crippen molar-refractivity contribution >= 4 is 17.6 Å². The van der Waals surface area contributed by atoms with Gasteiger partial charge in [0.25, 0.3) is 0 Å². The molecule has 1 atom stereocenters. The topological polar surface area (TPSA) is 52.3 Å². The van der Waals surface area contributed by atoms with E-state index in [1.54, 1.807) is 12.1 Å². The van der Waals surface area contributed by atoms with Gasteiger partial charge < -0.3 is 10.5 Å². The molecule has 0 aromatic heterocycles. The van der Waals surface area contributed by atoms with Crippen LogP contribution in [0.5, 0.6) is 0 Å². The Balaban J connectivity index is 2.38. The molecule has 0 bridgehead atoms. The highest BCUT2D eigenvalue weighted by Crippen LogP contribution is 2.13. The van der Waals surface area contributed by atoms with Crippen LogP contribution in [0.3, 0.4) is 0 Å². The van der Waals surface area contributed by atoms with Crippen molar-refractivity contribution in [3.05, 3.63) is 34.9 Å². The molecule has 1 aromatic carbocycles. The highest BCUT2D eigenvalue weighted by atomic mass is 35.5. The standard InChI is InChI=1S/C13H18ClNO2/c1-2-10(8-15)7-13(16)17-9-11-4-3-5-12(14)6-11/h3-6,10H,2,7-9,15H2,1H3. The lowest BCUT2D eigenvalue weighted by Gasteiger charge is -2.11. The number of hydrogen-bond acceptors (Lipinski definition) is 3. The summed E-state index contributed by atoms with van der Waals surface area (Å²) in [7, 11) is 0. The molecule has 17 heavy (non-hydrogen) atoms. The average molecular weight is 256 g/mol. The van der Waals surface area contributed by atoms with Crippen LogP contribution in [0.2, 0.25) is 5.02 Å². The smallest absolute Gasteiger partial charge is 0.306 e. The van der Waals surface area contributed by atoms with Gasteiger partial charge in [0.15, 0.2) is 0 Å². The van der Waals surface area contributed by atoms with E-state index in [0.29, 0.717) is 18.0 Å². The van der Waals surface area contributed by atoms with Crippen LogP contribution in [0.4, 0.5) is 0 Å². The molecular weight excluding hydrogens is 238 g/mol. The van der Waals surface area contributed by atoms with Gasteiger partial charge in [-0.05, 0) is 30.2 Å². The number of hydrogen-bond donors (Lipinski definition) is 1. The lowest BCUT2D eigenvalue weighted by Crippen LogP contribution is -2.18. The van der Waals surface area contributed by atoms with Gasteiger partial charge in [0, 0.05) is 11.4 Å². The van der Waals surface area contributed by atoms with E-state index in [2.05, 4.69) is 0 Å². The monoisotopic (exact) mass is 255 g/mol. The molecule has 1 aromatic rings. The SMILES string of the molecule is CCC(CN)CC(=O)OCc1cccc(Cl)c1. The van der Waals surface area contributed by atoms with Crippen molar-refractivity contribution in [2.75, 3.05) is 6.54 Å². The zero-order valence-electron chi connectivity index (χ0n) is 9.99. The first-order chi connectivity index (χ1) is 8.15. The summed E-state index contributed by atoms with van der Waals surface area (Å²) in [5, 5.41) is 0.645. The molecule has 0 radical (unpaired) electrons. The lowest BCUT2D eigenvalue weighted by atomic mass is 10.0. The second-order valence-corrected chi connectivity index (χ2v) is 4.44. The minimum atomic E-state index is -0.206. The fourth-order valence-corrected chi connectivity index (χ4v) is 1.69. The Labute approximate surface area is 107 Å². The number of carbonyl (C=O) groups is 1. The summed E-state index contributed by atoms with van der Waals surface area (Å²) >= 11 is 5.83. The van der Waals surface area contributed by atoms with Crippen molar-refractivity contribution in [1.82, 2.24) is 0 Å². The molecular formula is C13H18ClNO2. The molecule has 1 unspecified atom stereocenters. The van der Waals surface area contributed by atoms with Gasteiger partial charge in [0.05, 0.1) is 0 Å². The van der Waals surface area contributed by atoms with E-state index >= 15 is 0 Å². The van der Waals surface area contributed by atoms with Crippen LogP contribution in [0.1, 0.15) is 25.3 Å². The predicted molar refractivity (Wildman–Crippen MR) is 68.7 cm³/mol. The fourth-order valence-electron chi connectivity index (χ4n) is 1.48. The minimum absolute atomic E-state index is 0.206. The van der Waals surface area contributed by atoms with E-state index < -0.39 is 0 Å². The van der Waals surface area contributed by atoms with Gasteiger partial charge in [-0.2, -0.15) is 0 Å². The van der Waals surface area contributed by atoms with E-state index in [0.717, 1.165) is 12.0 Å². The summed E-state index contributed by atoms with van der Waals surface area (Å²) in [5.74, 6) is 0.00383. The maximum Gasteiger partial charge on any atom is 0.306 e. The Morgan fingerprint density at radius 1 is 1.53 bits per heavy atom. The van der Waals surface area contributed by atoms with Gasteiger partial charge >= 0.3 is 5.97 Å². The molecule has 0 saturated carbocycles. The van der Waals surface area contributed by atoms with Crippen molar-refractivity contribution < 1.29 is 9.53 Å². The molecule has 0 amide bonds. The maximum atomic E-state index is 11.5. The second-order valence-electron chi connectivity index (χ2n) is 4.00. The molecule has 0 aliphatic carbocycles. The van der Waals surface area contributed by atoms with Gasteiger partial charge in [0.1, 0.15) is 6.61 Å². The molecule has 0 spiro atoms. The highest BCUT2D eigenvalue weighted by Gasteiger charge is 2.11. The average Bonchev–Trinajstić information content (AvgIpc) is 2.33. The Kier molecular flexibility index (Phi) is 6.01. The van der Waals surface area contributed by atoms with Crippen LogP contribution >= 0.6 is 11.6 Å². The van der Waals surface area contributed by atoms with Crippen LogP contribution < -0.4 is 5.73 Å². The van der Waals surface area contributed by atoms with Crippen molar-refractivity contribution in [1.29, 1.82) is 0 Å².